The molecule has 0 saturated carbocycles. The van der Waals surface area contributed by atoms with Crippen LogP contribution in [0.1, 0.15) is 30.2 Å². The summed E-state index contributed by atoms with van der Waals surface area (Å²) >= 11 is 0. The van der Waals surface area contributed by atoms with Crippen LogP contribution in [0.5, 0.6) is 0 Å². The molecule has 0 aliphatic carbocycles. The predicted octanol–water partition coefficient (Wildman–Crippen LogP) is 3.11. The van der Waals surface area contributed by atoms with Gasteiger partial charge in [0.25, 0.3) is 0 Å². The summed E-state index contributed by atoms with van der Waals surface area (Å²) in [6.07, 6.45) is 1.62. The number of aromatic nitrogens is 1. The van der Waals surface area contributed by atoms with Crippen molar-refractivity contribution >= 4 is 0 Å². The van der Waals surface area contributed by atoms with Crippen molar-refractivity contribution in [2.24, 2.45) is 0 Å². The Hall–Kier alpha value is -1.75. The van der Waals surface area contributed by atoms with Gasteiger partial charge in [0.15, 0.2) is 11.6 Å². The number of rotatable bonds is 4. The maximum atomic E-state index is 13.5. The first-order valence-electron chi connectivity index (χ1n) is 5.66. The van der Waals surface area contributed by atoms with E-state index in [2.05, 4.69) is 10.3 Å². The van der Waals surface area contributed by atoms with Crippen LogP contribution in [0, 0.1) is 18.6 Å². The predicted molar refractivity (Wildman–Crippen MR) is 62.9 cm³/mol. The fourth-order valence-corrected chi connectivity index (χ4v) is 1.69. The molecule has 1 N–H and O–H groups in total. The van der Waals surface area contributed by atoms with Crippen LogP contribution < -0.4 is 5.32 Å². The summed E-state index contributed by atoms with van der Waals surface area (Å²) in [4.78, 5) is 4.02. The van der Waals surface area contributed by atoms with Crippen molar-refractivity contribution < 1.29 is 13.2 Å². The van der Waals surface area contributed by atoms with E-state index in [1.54, 1.807) is 26.1 Å². The number of hydrogen-bond acceptors (Lipinski definition) is 3. The van der Waals surface area contributed by atoms with E-state index in [4.69, 9.17) is 4.42 Å². The van der Waals surface area contributed by atoms with E-state index in [0.29, 0.717) is 18.0 Å². The molecular weight excluding hydrogens is 238 g/mol. The second-order valence-corrected chi connectivity index (χ2v) is 4.11. The Morgan fingerprint density at radius 1 is 1.39 bits per heavy atom. The minimum atomic E-state index is -0.840. The molecule has 0 bridgehead atoms. The minimum absolute atomic E-state index is 0.290. The highest BCUT2D eigenvalue weighted by Gasteiger charge is 2.14. The Balaban J connectivity index is 2.03. The zero-order chi connectivity index (χ0) is 13.1. The van der Waals surface area contributed by atoms with Gasteiger partial charge in [-0.25, -0.2) is 13.8 Å². The first-order valence-corrected chi connectivity index (χ1v) is 5.66. The highest BCUT2D eigenvalue weighted by atomic mass is 19.2. The molecule has 5 heteroatoms. The van der Waals surface area contributed by atoms with E-state index in [-0.39, 0.29) is 6.04 Å². The normalized spacial score (nSPS) is 12.7. The molecule has 1 atom stereocenters. The monoisotopic (exact) mass is 252 g/mol. The highest BCUT2D eigenvalue weighted by Crippen LogP contribution is 2.19. The molecule has 0 aliphatic heterocycles. The maximum Gasteiger partial charge on any atom is 0.208 e. The van der Waals surface area contributed by atoms with Gasteiger partial charge in [0.05, 0.1) is 12.7 Å². The average molecular weight is 252 g/mol. The first-order chi connectivity index (χ1) is 8.58. The van der Waals surface area contributed by atoms with Crippen LogP contribution in [0.15, 0.2) is 28.8 Å². The lowest BCUT2D eigenvalue weighted by atomic mass is 10.1. The van der Waals surface area contributed by atoms with Crippen molar-refractivity contribution in [1.82, 2.24) is 10.3 Å². The Labute approximate surface area is 104 Å². The fraction of sp³-hybridized carbons (Fsp3) is 0.308. The molecule has 2 rings (SSSR count). The van der Waals surface area contributed by atoms with Crippen molar-refractivity contribution in [2.45, 2.75) is 26.4 Å². The van der Waals surface area contributed by atoms with E-state index in [0.717, 1.165) is 11.8 Å². The molecule has 1 aromatic heterocycles. The van der Waals surface area contributed by atoms with Crippen LogP contribution in [0.2, 0.25) is 0 Å². The number of oxazole rings is 1. The van der Waals surface area contributed by atoms with Gasteiger partial charge in [0.1, 0.15) is 5.76 Å². The molecule has 0 fully saturated rings. The van der Waals surface area contributed by atoms with Gasteiger partial charge in [-0.2, -0.15) is 0 Å². The van der Waals surface area contributed by atoms with Gasteiger partial charge in [-0.1, -0.05) is 12.1 Å². The summed E-state index contributed by atoms with van der Waals surface area (Å²) in [5, 5.41) is 3.03. The standard InChI is InChI=1S/C13H14F2N2O/c1-8-6-17-12(18-8)7-16-9(2)10-4-3-5-11(14)13(10)15/h3-6,9,16H,7H2,1-2H3. The summed E-state index contributed by atoms with van der Waals surface area (Å²) in [5.41, 5.74) is 0.290. The second kappa shape index (κ2) is 5.27. The van der Waals surface area contributed by atoms with Gasteiger partial charge in [0, 0.05) is 11.6 Å². The first kappa shape index (κ1) is 12.7. The van der Waals surface area contributed by atoms with Crippen LogP contribution >= 0.6 is 0 Å². The van der Waals surface area contributed by atoms with Gasteiger partial charge < -0.3 is 9.73 Å². The van der Waals surface area contributed by atoms with Crippen LogP contribution in [-0.2, 0) is 6.54 Å². The molecule has 1 unspecified atom stereocenters. The molecular formula is C13H14F2N2O. The third-order valence-corrected chi connectivity index (χ3v) is 2.68. The van der Waals surface area contributed by atoms with Crippen molar-refractivity contribution in [1.29, 1.82) is 0 Å². The number of halogens is 2. The summed E-state index contributed by atoms with van der Waals surface area (Å²) in [7, 11) is 0. The van der Waals surface area contributed by atoms with Gasteiger partial charge >= 0.3 is 0 Å². The molecule has 2 aromatic rings. The van der Waals surface area contributed by atoms with Crippen LogP contribution in [0.3, 0.4) is 0 Å². The van der Waals surface area contributed by atoms with Crippen molar-refractivity contribution in [3.8, 4) is 0 Å². The van der Waals surface area contributed by atoms with E-state index >= 15 is 0 Å². The molecule has 0 aliphatic rings. The van der Waals surface area contributed by atoms with Gasteiger partial charge in [-0.05, 0) is 19.9 Å². The van der Waals surface area contributed by atoms with E-state index in [1.165, 1.54) is 6.07 Å². The van der Waals surface area contributed by atoms with Crippen molar-refractivity contribution in [3.63, 3.8) is 0 Å². The zero-order valence-corrected chi connectivity index (χ0v) is 10.2. The SMILES string of the molecule is Cc1cnc(CNC(C)c2cccc(F)c2F)o1. The quantitative estimate of drug-likeness (QED) is 0.908. The van der Waals surface area contributed by atoms with E-state index in [1.807, 2.05) is 0 Å². The topological polar surface area (TPSA) is 38.1 Å². The fourth-order valence-electron chi connectivity index (χ4n) is 1.69. The summed E-state index contributed by atoms with van der Waals surface area (Å²) < 4.78 is 31.9. The maximum absolute atomic E-state index is 13.5. The number of benzene rings is 1. The smallest absolute Gasteiger partial charge is 0.208 e. The second-order valence-electron chi connectivity index (χ2n) is 4.11. The summed E-state index contributed by atoms with van der Waals surface area (Å²) in [6, 6.07) is 3.81. The Kier molecular flexibility index (Phi) is 3.72. The van der Waals surface area contributed by atoms with Crippen molar-refractivity contribution in [2.75, 3.05) is 0 Å². The molecule has 1 aromatic carbocycles. The third-order valence-electron chi connectivity index (χ3n) is 2.68. The number of nitrogens with zero attached hydrogens (tertiary/aromatic N) is 1. The number of hydrogen-bond donors (Lipinski definition) is 1. The number of aryl methyl sites for hydroxylation is 1. The molecule has 0 spiro atoms. The van der Waals surface area contributed by atoms with Gasteiger partial charge in [0.2, 0.25) is 5.89 Å². The summed E-state index contributed by atoms with van der Waals surface area (Å²) in [5.74, 6) is -0.415. The minimum Gasteiger partial charge on any atom is -0.445 e. The summed E-state index contributed by atoms with van der Waals surface area (Å²) in [6.45, 7) is 3.92. The largest absolute Gasteiger partial charge is 0.445 e. The average Bonchev–Trinajstić information content (AvgIpc) is 2.76. The lowest BCUT2D eigenvalue weighted by molar-refractivity contribution is 0.422. The molecule has 3 nitrogen and oxygen atoms in total. The Morgan fingerprint density at radius 2 is 2.17 bits per heavy atom. The van der Waals surface area contributed by atoms with Gasteiger partial charge in [-0.3, -0.25) is 0 Å². The number of nitrogens with one attached hydrogen (secondary N) is 1. The van der Waals surface area contributed by atoms with Crippen LogP contribution in [0.25, 0.3) is 0 Å². The van der Waals surface area contributed by atoms with Crippen LogP contribution in [0.4, 0.5) is 8.78 Å². The Bertz CT molecular complexity index is 540. The van der Waals surface area contributed by atoms with Crippen LogP contribution in [-0.4, -0.2) is 4.98 Å². The molecule has 0 saturated heterocycles. The Morgan fingerprint density at radius 3 is 2.83 bits per heavy atom. The molecule has 18 heavy (non-hydrogen) atoms. The van der Waals surface area contributed by atoms with E-state index in [9.17, 15) is 8.78 Å². The van der Waals surface area contributed by atoms with Gasteiger partial charge in [-0.15, -0.1) is 0 Å². The van der Waals surface area contributed by atoms with Crippen molar-refractivity contribution in [3.05, 3.63) is 53.2 Å². The molecule has 0 radical (unpaired) electrons. The molecule has 96 valence electrons. The highest BCUT2D eigenvalue weighted by molar-refractivity contribution is 5.22. The molecule has 0 amide bonds. The third kappa shape index (κ3) is 2.73. The lowest BCUT2D eigenvalue weighted by Gasteiger charge is -2.13. The lowest BCUT2D eigenvalue weighted by Crippen LogP contribution is -2.19. The van der Waals surface area contributed by atoms with E-state index < -0.39 is 11.6 Å². The zero-order valence-electron chi connectivity index (χ0n) is 10.2. The molecule has 1 heterocycles.